The second kappa shape index (κ2) is 9.33. The van der Waals surface area contributed by atoms with E-state index in [-0.39, 0.29) is 11.7 Å². The van der Waals surface area contributed by atoms with Crippen LogP contribution in [0, 0.1) is 36.1 Å². The Morgan fingerprint density at radius 1 is 0.824 bits per heavy atom. The average molecular weight is 480 g/mol. The molecular formula is C26H22F6O2. The summed E-state index contributed by atoms with van der Waals surface area (Å²) in [6, 6.07) is 9.40. The van der Waals surface area contributed by atoms with Crippen molar-refractivity contribution in [3.8, 4) is 16.9 Å². The van der Waals surface area contributed by atoms with Gasteiger partial charge in [0, 0.05) is 24.3 Å². The number of hydrogen-bond acceptors (Lipinski definition) is 2. The largest absolute Gasteiger partial charge is 0.432 e. The van der Waals surface area contributed by atoms with Gasteiger partial charge in [0.1, 0.15) is 34.6 Å². The lowest BCUT2D eigenvalue weighted by Gasteiger charge is -2.27. The Hall–Kier alpha value is -3.00. The molecule has 1 heterocycles. The van der Waals surface area contributed by atoms with E-state index in [2.05, 4.69) is 11.7 Å². The highest BCUT2D eigenvalue weighted by molar-refractivity contribution is 5.64. The van der Waals surface area contributed by atoms with E-state index in [9.17, 15) is 26.3 Å². The molecule has 3 aromatic rings. The summed E-state index contributed by atoms with van der Waals surface area (Å²) in [6.45, 7) is 3.88. The van der Waals surface area contributed by atoms with Crippen LogP contribution < -0.4 is 4.74 Å². The van der Waals surface area contributed by atoms with Crippen molar-refractivity contribution >= 4 is 0 Å². The molecule has 180 valence electrons. The highest BCUT2D eigenvalue weighted by Gasteiger charge is 2.41. The molecule has 0 amide bonds. The molecule has 1 aliphatic rings. The summed E-state index contributed by atoms with van der Waals surface area (Å²) >= 11 is 0. The summed E-state index contributed by atoms with van der Waals surface area (Å²) in [5, 5.41) is 0. The van der Waals surface area contributed by atoms with Gasteiger partial charge in [-0.3, -0.25) is 0 Å². The van der Waals surface area contributed by atoms with Crippen molar-refractivity contribution in [3.63, 3.8) is 0 Å². The molecule has 0 saturated carbocycles. The fraction of sp³-hybridized carbons (Fsp3) is 0.308. The second-order valence-corrected chi connectivity index (χ2v) is 8.57. The summed E-state index contributed by atoms with van der Waals surface area (Å²) in [5.74, 6) is -5.77. The van der Waals surface area contributed by atoms with E-state index in [1.54, 1.807) is 24.3 Å². The monoisotopic (exact) mass is 480 g/mol. The highest BCUT2D eigenvalue weighted by atomic mass is 19.3. The maximum absolute atomic E-state index is 14.7. The van der Waals surface area contributed by atoms with Gasteiger partial charge in [0.05, 0.1) is 6.10 Å². The van der Waals surface area contributed by atoms with Crippen LogP contribution in [0.15, 0.2) is 48.5 Å². The lowest BCUT2D eigenvalue weighted by molar-refractivity contribution is -0.189. The first-order chi connectivity index (χ1) is 16.0. The summed E-state index contributed by atoms with van der Waals surface area (Å²) in [5.41, 5.74) is -0.659. The van der Waals surface area contributed by atoms with Crippen LogP contribution in [-0.2, 0) is 10.8 Å². The molecule has 2 unspecified atom stereocenters. The number of halogens is 6. The second-order valence-electron chi connectivity index (χ2n) is 8.57. The molecular weight excluding hydrogens is 458 g/mol. The third-order valence-corrected chi connectivity index (χ3v) is 5.95. The first kappa shape index (κ1) is 24.1. The molecule has 0 bridgehead atoms. The Balaban J connectivity index is 1.58. The Kier molecular flexibility index (Phi) is 6.62. The Morgan fingerprint density at radius 3 is 1.94 bits per heavy atom. The quantitative estimate of drug-likeness (QED) is 0.347. The van der Waals surface area contributed by atoms with Crippen LogP contribution >= 0.6 is 0 Å². The smallest absolute Gasteiger partial charge is 0.429 e. The third-order valence-electron chi connectivity index (χ3n) is 5.95. The zero-order chi connectivity index (χ0) is 24.6. The van der Waals surface area contributed by atoms with Crippen LogP contribution in [-0.4, -0.2) is 6.61 Å². The zero-order valence-corrected chi connectivity index (χ0v) is 18.5. The maximum atomic E-state index is 14.7. The fourth-order valence-electron chi connectivity index (χ4n) is 3.93. The van der Waals surface area contributed by atoms with E-state index in [4.69, 9.17) is 4.74 Å². The van der Waals surface area contributed by atoms with Crippen molar-refractivity contribution in [1.82, 2.24) is 0 Å². The van der Waals surface area contributed by atoms with Gasteiger partial charge in [-0.25, -0.2) is 17.6 Å². The van der Waals surface area contributed by atoms with Crippen molar-refractivity contribution in [2.45, 2.75) is 38.9 Å². The molecule has 2 atom stereocenters. The van der Waals surface area contributed by atoms with E-state index in [1.165, 1.54) is 0 Å². The molecule has 0 aromatic heterocycles. The summed E-state index contributed by atoms with van der Waals surface area (Å²) < 4.78 is 95.9. The zero-order valence-electron chi connectivity index (χ0n) is 18.5. The van der Waals surface area contributed by atoms with Gasteiger partial charge in [-0.15, -0.1) is 0 Å². The average Bonchev–Trinajstić information content (AvgIpc) is 2.77. The van der Waals surface area contributed by atoms with Crippen LogP contribution in [0.3, 0.4) is 0 Å². The molecule has 1 fully saturated rings. The fourth-order valence-corrected chi connectivity index (χ4v) is 3.93. The third kappa shape index (κ3) is 4.92. The van der Waals surface area contributed by atoms with Crippen molar-refractivity contribution < 1.29 is 35.8 Å². The first-order valence-corrected chi connectivity index (χ1v) is 10.8. The van der Waals surface area contributed by atoms with Gasteiger partial charge in [0.2, 0.25) is 0 Å². The lowest BCUT2D eigenvalue weighted by Crippen LogP contribution is -2.25. The molecule has 1 aliphatic heterocycles. The molecule has 0 radical (unpaired) electrons. The van der Waals surface area contributed by atoms with Gasteiger partial charge >= 0.3 is 6.11 Å². The lowest BCUT2D eigenvalue weighted by atomic mass is 9.94. The van der Waals surface area contributed by atoms with E-state index in [0.717, 1.165) is 37.5 Å². The molecule has 0 N–H and O–H groups in total. The molecule has 8 heteroatoms. The minimum absolute atomic E-state index is 0.0479. The molecule has 1 saturated heterocycles. The molecule has 34 heavy (non-hydrogen) atoms. The standard InChI is InChI=1S/C26H22F6O2/c1-14-3-8-24(33-13-14)17-6-4-16(5-7-17)18-9-22(29)25(23(30)10-18)26(31,32)34-19-11-20(27)15(2)21(28)12-19/h4-7,9-12,14,24H,3,8,13H2,1-2H3. The molecule has 0 aliphatic carbocycles. The van der Waals surface area contributed by atoms with Gasteiger partial charge in [0.15, 0.2) is 0 Å². The van der Waals surface area contributed by atoms with Gasteiger partial charge in [-0.2, -0.15) is 8.78 Å². The van der Waals surface area contributed by atoms with E-state index < -0.39 is 46.3 Å². The van der Waals surface area contributed by atoms with Gasteiger partial charge in [-0.1, -0.05) is 31.2 Å². The predicted molar refractivity (Wildman–Crippen MR) is 115 cm³/mol. The Morgan fingerprint density at radius 2 is 1.41 bits per heavy atom. The summed E-state index contributed by atoms with van der Waals surface area (Å²) in [7, 11) is 0. The van der Waals surface area contributed by atoms with Crippen LogP contribution in [0.5, 0.6) is 5.75 Å². The topological polar surface area (TPSA) is 18.5 Å². The summed E-state index contributed by atoms with van der Waals surface area (Å²) in [6.07, 6.45) is -2.68. The number of hydrogen-bond donors (Lipinski definition) is 0. The van der Waals surface area contributed by atoms with Crippen LogP contribution in [0.2, 0.25) is 0 Å². The minimum Gasteiger partial charge on any atom is -0.429 e. The van der Waals surface area contributed by atoms with E-state index in [1.807, 2.05) is 0 Å². The van der Waals surface area contributed by atoms with Gasteiger partial charge < -0.3 is 9.47 Å². The molecule has 0 spiro atoms. The SMILES string of the molecule is Cc1c(F)cc(OC(F)(F)c2c(F)cc(-c3ccc(C4CCC(C)CO4)cc3)cc2F)cc1F. The van der Waals surface area contributed by atoms with Crippen molar-refractivity contribution in [3.05, 3.63) is 88.5 Å². The highest BCUT2D eigenvalue weighted by Crippen LogP contribution is 2.38. The predicted octanol–water partition coefficient (Wildman–Crippen LogP) is 7.83. The van der Waals surface area contributed by atoms with E-state index in [0.29, 0.717) is 30.2 Å². The first-order valence-electron chi connectivity index (χ1n) is 10.8. The van der Waals surface area contributed by atoms with Gasteiger partial charge in [0.25, 0.3) is 0 Å². The minimum atomic E-state index is -4.51. The van der Waals surface area contributed by atoms with Crippen LogP contribution in [0.1, 0.15) is 42.6 Å². The normalized spacial score (nSPS) is 18.7. The summed E-state index contributed by atoms with van der Waals surface area (Å²) in [4.78, 5) is 0. The number of ether oxygens (including phenoxy) is 2. The van der Waals surface area contributed by atoms with Crippen LogP contribution in [0.25, 0.3) is 11.1 Å². The number of benzene rings is 3. The Labute approximate surface area is 193 Å². The van der Waals surface area contributed by atoms with Crippen molar-refractivity contribution in [2.75, 3.05) is 6.61 Å². The Bertz CT molecular complexity index is 1140. The number of rotatable bonds is 5. The molecule has 3 aromatic carbocycles. The molecule has 2 nitrogen and oxygen atoms in total. The van der Waals surface area contributed by atoms with Crippen LogP contribution in [0.4, 0.5) is 26.3 Å². The molecule has 4 rings (SSSR count). The maximum Gasteiger partial charge on any atom is 0.432 e. The van der Waals surface area contributed by atoms with Crippen molar-refractivity contribution in [2.24, 2.45) is 5.92 Å². The van der Waals surface area contributed by atoms with Crippen molar-refractivity contribution in [1.29, 1.82) is 0 Å². The number of alkyl halides is 2. The van der Waals surface area contributed by atoms with Gasteiger partial charge in [-0.05, 0) is 54.5 Å². The van der Waals surface area contributed by atoms with E-state index >= 15 is 0 Å².